The van der Waals surface area contributed by atoms with Crippen LogP contribution in [0, 0.1) is 0 Å². The fourth-order valence-electron chi connectivity index (χ4n) is 1.02. The van der Waals surface area contributed by atoms with Gasteiger partial charge in [-0.05, 0) is 25.4 Å². The van der Waals surface area contributed by atoms with E-state index in [2.05, 4.69) is 13.8 Å². The van der Waals surface area contributed by atoms with E-state index < -0.39 is 0 Å². The highest BCUT2D eigenvalue weighted by Gasteiger charge is 2.06. The van der Waals surface area contributed by atoms with Crippen molar-refractivity contribution in [3.05, 3.63) is 0 Å². The fraction of sp³-hybridized carbons (Fsp3) is 0.889. The first-order chi connectivity index (χ1) is 5.74. The molecular weight excluding hydrogens is 171 g/mol. The average molecular weight is 190 g/mol. The highest BCUT2D eigenvalue weighted by atomic mass is 31.1. The van der Waals surface area contributed by atoms with Crippen LogP contribution in [0.3, 0.4) is 0 Å². The zero-order valence-corrected chi connectivity index (χ0v) is 9.19. The molecule has 0 fully saturated rings. The normalized spacial score (nSPS) is 10.3. The Morgan fingerprint density at radius 1 is 1.25 bits per heavy atom. The molecular formula is C9H19O2P. The van der Waals surface area contributed by atoms with E-state index in [-0.39, 0.29) is 13.9 Å². The molecule has 12 heavy (non-hydrogen) atoms. The zero-order chi connectivity index (χ0) is 9.40. The Bertz CT molecular complexity index is 122. The lowest BCUT2D eigenvalue weighted by atomic mass is 10.5. The number of hydrogen-bond donors (Lipinski definition) is 0. The van der Waals surface area contributed by atoms with Gasteiger partial charge in [0.25, 0.3) is 0 Å². The Morgan fingerprint density at radius 2 is 1.83 bits per heavy atom. The van der Waals surface area contributed by atoms with Crippen LogP contribution in [0.4, 0.5) is 0 Å². The van der Waals surface area contributed by atoms with E-state index in [0.29, 0.717) is 13.0 Å². The van der Waals surface area contributed by atoms with Crippen molar-refractivity contribution in [1.82, 2.24) is 0 Å². The van der Waals surface area contributed by atoms with Crippen molar-refractivity contribution in [2.75, 3.05) is 25.1 Å². The molecule has 0 saturated heterocycles. The first-order valence-corrected chi connectivity index (χ1v) is 6.52. The summed E-state index contributed by atoms with van der Waals surface area (Å²) in [4.78, 5) is 11.0. The van der Waals surface area contributed by atoms with Crippen LogP contribution >= 0.6 is 7.92 Å². The molecule has 0 amide bonds. The van der Waals surface area contributed by atoms with Gasteiger partial charge in [-0.2, -0.15) is 0 Å². The van der Waals surface area contributed by atoms with E-state index in [9.17, 15) is 4.79 Å². The van der Waals surface area contributed by atoms with Gasteiger partial charge in [0, 0.05) is 6.42 Å². The van der Waals surface area contributed by atoms with E-state index in [4.69, 9.17) is 4.74 Å². The van der Waals surface area contributed by atoms with Gasteiger partial charge >= 0.3 is 5.97 Å². The highest BCUT2D eigenvalue weighted by Crippen LogP contribution is 2.34. The van der Waals surface area contributed by atoms with Crippen LogP contribution in [0.25, 0.3) is 0 Å². The monoisotopic (exact) mass is 190 g/mol. The Kier molecular flexibility index (Phi) is 7.48. The summed E-state index contributed by atoms with van der Waals surface area (Å²) in [6.45, 7) is 6.75. The van der Waals surface area contributed by atoms with Crippen LogP contribution in [-0.4, -0.2) is 31.1 Å². The summed E-state index contributed by atoms with van der Waals surface area (Å²) in [6, 6.07) is 0. The molecule has 0 rings (SSSR count). The summed E-state index contributed by atoms with van der Waals surface area (Å²) in [7, 11) is 0.0997. The Balaban J connectivity index is 3.44. The van der Waals surface area contributed by atoms with Gasteiger partial charge in [0.1, 0.15) is 0 Å². The molecule has 72 valence electrons. The van der Waals surface area contributed by atoms with Gasteiger partial charge in [0.15, 0.2) is 0 Å². The Hall–Kier alpha value is -0.100. The van der Waals surface area contributed by atoms with Crippen LogP contribution in [0.5, 0.6) is 0 Å². The lowest BCUT2D eigenvalue weighted by Gasteiger charge is -2.11. The molecule has 0 saturated carbocycles. The molecule has 0 heterocycles. The standard InChI is InChI=1S/C9H19O2P/c1-4-11-9(10)7-8-12(5-2)6-3/h4-8H2,1-3H3. The van der Waals surface area contributed by atoms with Crippen LogP contribution in [0.1, 0.15) is 27.2 Å². The predicted molar refractivity (Wildman–Crippen MR) is 54.1 cm³/mol. The third-order valence-electron chi connectivity index (χ3n) is 1.83. The molecule has 0 aliphatic rings. The van der Waals surface area contributed by atoms with Gasteiger partial charge in [0.05, 0.1) is 6.61 Å². The molecule has 0 aliphatic heterocycles. The summed E-state index contributed by atoms with van der Waals surface area (Å²) in [5.41, 5.74) is 0. The highest BCUT2D eigenvalue weighted by molar-refractivity contribution is 7.57. The van der Waals surface area contributed by atoms with Crippen molar-refractivity contribution in [3.63, 3.8) is 0 Å². The number of carbonyl (C=O) groups excluding carboxylic acids is 1. The predicted octanol–water partition coefficient (Wildman–Crippen LogP) is 2.46. The van der Waals surface area contributed by atoms with Gasteiger partial charge in [-0.3, -0.25) is 4.79 Å². The van der Waals surface area contributed by atoms with E-state index in [0.717, 1.165) is 6.16 Å². The van der Waals surface area contributed by atoms with E-state index in [1.807, 2.05) is 6.92 Å². The number of esters is 1. The molecule has 0 atom stereocenters. The number of ether oxygens (including phenoxy) is 1. The largest absolute Gasteiger partial charge is 0.466 e. The minimum atomic E-state index is -0.0353. The second kappa shape index (κ2) is 7.54. The second-order valence-electron chi connectivity index (χ2n) is 2.58. The summed E-state index contributed by atoms with van der Waals surface area (Å²) < 4.78 is 4.85. The lowest BCUT2D eigenvalue weighted by Crippen LogP contribution is -2.06. The first-order valence-electron chi connectivity index (χ1n) is 4.62. The third kappa shape index (κ3) is 5.54. The van der Waals surface area contributed by atoms with Gasteiger partial charge in [-0.1, -0.05) is 13.8 Å². The molecule has 0 unspecified atom stereocenters. The van der Waals surface area contributed by atoms with Crippen molar-refractivity contribution in [2.24, 2.45) is 0 Å². The molecule has 0 bridgehead atoms. The lowest BCUT2D eigenvalue weighted by molar-refractivity contribution is -0.142. The fourth-order valence-corrected chi connectivity index (χ4v) is 2.60. The van der Waals surface area contributed by atoms with Crippen LogP contribution < -0.4 is 0 Å². The van der Waals surface area contributed by atoms with Gasteiger partial charge in [-0.15, -0.1) is 7.92 Å². The molecule has 0 spiro atoms. The summed E-state index contributed by atoms with van der Waals surface area (Å²) in [5, 5.41) is 0. The molecule has 2 nitrogen and oxygen atoms in total. The van der Waals surface area contributed by atoms with Crippen molar-refractivity contribution < 1.29 is 9.53 Å². The summed E-state index contributed by atoms with van der Waals surface area (Å²) >= 11 is 0. The molecule has 0 aromatic carbocycles. The topological polar surface area (TPSA) is 26.3 Å². The van der Waals surface area contributed by atoms with E-state index >= 15 is 0 Å². The van der Waals surface area contributed by atoms with Gasteiger partial charge < -0.3 is 4.74 Å². The minimum absolute atomic E-state index is 0.0353. The first kappa shape index (κ1) is 11.9. The van der Waals surface area contributed by atoms with Gasteiger partial charge in [-0.25, -0.2) is 0 Å². The Labute approximate surface area is 76.4 Å². The van der Waals surface area contributed by atoms with Crippen molar-refractivity contribution >= 4 is 13.9 Å². The van der Waals surface area contributed by atoms with Crippen molar-refractivity contribution in [3.8, 4) is 0 Å². The summed E-state index contributed by atoms with van der Waals surface area (Å²) in [5.74, 6) is -0.0353. The third-order valence-corrected chi connectivity index (χ3v) is 4.48. The number of carbonyl (C=O) groups is 1. The van der Waals surface area contributed by atoms with Gasteiger partial charge in [0.2, 0.25) is 0 Å². The smallest absolute Gasteiger partial charge is 0.306 e. The molecule has 3 heteroatoms. The van der Waals surface area contributed by atoms with E-state index in [1.165, 1.54) is 12.3 Å². The average Bonchev–Trinajstić information content (AvgIpc) is 2.07. The number of rotatable bonds is 6. The van der Waals surface area contributed by atoms with Crippen LogP contribution in [-0.2, 0) is 9.53 Å². The molecule has 0 radical (unpaired) electrons. The van der Waals surface area contributed by atoms with Crippen LogP contribution in [0.2, 0.25) is 0 Å². The SMILES string of the molecule is CCOC(=O)CCP(CC)CC. The van der Waals surface area contributed by atoms with Crippen LogP contribution in [0.15, 0.2) is 0 Å². The summed E-state index contributed by atoms with van der Waals surface area (Å²) in [6.07, 6.45) is 4.11. The maximum absolute atomic E-state index is 11.0. The minimum Gasteiger partial charge on any atom is -0.466 e. The maximum Gasteiger partial charge on any atom is 0.306 e. The maximum atomic E-state index is 11.0. The molecule has 0 aliphatic carbocycles. The molecule has 0 aromatic heterocycles. The van der Waals surface area contributed by atoms with E-state index in [1.54, 1.807) is 0 Å². The number of hydrogen-bond acceptors (Lipinski definition) is 2. The van der Waals surface area contributed by atoms with Crippen molar-refractivity contribution in [1.29, 1.82) is 0 Å². The molecule has 0 N–H and O–H groups in total. The second-order valence-corrected chi connectivity index (χ2v) is 5.64. The van der Waals surface area contributed by atoms with Crippen molar-refractivity contribution in [2.45, 2.75) is 27.2 Å². The zero-order valence-electron chi connectivity index (χ0n) is 8.30. The quantitative estimate of drug-likeness (QED) is 0.475. The Morgan fingerprint density at radius 3 is 2.25 bits per heavy atom. The molecule has 0 aromatic rings.